The van der Waals surface area contributed by atoms with Crippen LogP contribution in [0.1, 0.15) is 38.7 Å². The largest absolute Gasteiger partial charge is 0.467 e. The van der Waals surface area contributed by atoms with E-state index in [1.807, 2.05) is 30.5 Å². The molecule has 1 fully saturated rings. The number of aromatic nitrogens is 1. The first-order valence-corrected chi connectivity index (χ1v) is 7.92. The van der Waals surface area contributed by atoms with Gasteiger partial charge in [-0.25, -0.2) is 9.59 Å². The lowest BCUT2D eigenvalue weighted by Gasteiger charge is -2.23. The van der Waals surface area contributed by atoms with Crippen LogP contribution in [0.4, 0.5) is 4.79 Å². The SMILES string of the molecule is COC(=O)[C@]1(NC(=O)OC(C)(C)C)C[C@@H]1c1c[nH]c2ccccc12. The zero-order chi connectivity index (χ0) is 17.5. The Morgan fingerprint density at radius 2 is 2.00 bits per heavy atom. The first-order chi connectivity index (χ1) is 11.3. The summed E-state index contributed by atoms with van der Waals surface area (Å²) in [5, 5.41) is 3.77. The number of ether oxygens (including phenoxy) is 2. The van der Waals surface area contributed by atoms with Crippen LogP contribution in [0.5, 0.6) is 0 Å². The predicted molar refractivity (Wildman–Crippen MR) is 89.8 cm³/mol. The first-order valence-electron chi connectivity index (χ1n) is 7.92. The van der Waals surface area contributed by atoms with Gasteiger partial charge in [0.05, 0.1) is 7.11 Å². The van der Waals surface area contributed by atoms with E-state index in [-0.39, 0.29) is 5.92 Å². The molecule has 1 aromatic carbocycles. The number of para-hydroxylation sites is 1. The number of hydrogen-bond donors (Lipinski definition) is 2. The van der Waals surface area contributed by atoms with E-state index < -0.39 is 23.2 Å². The highest BCUT2D eigenvalue weighted by molar-refractivity contribution is 5.94. The lowest BCUT2D eigenvalue weighted by Crippen LogP contribution is -2.47. The molecule has 2 N–H and O–H groups in total. The van der Waals surface area contributed by atoms with Crippen LogP contribution in [0.2, 0.25) is 0 Å². The molecule has 24 heavy (non-hydrogen) atoms. The second kappa shape index (κ2) is 5.54. The van der Waals surface area contributed by atoms with Crippen molar-refractivity contribution in [1.82, 2.24) is 10.3 Å². The quantitative estimate of drug-likeness (QED) is 0.848. The van der Waals surface area contributed by atoms with E-state index >= 15 is 0 Å². The van der Waals surface area contributed by atoms with Crippen LogP contribution in [0.15, 0.2) is 30.5 Å². The molecule has 6 heteroatoms. The van der Waals surface area contributed by atoms with Crippen LogP contribution < -0.4 is 5.32 Å². The summed E-state index contributed by atoms with van der Waals surface area (Å²) in [7, 11) is 1.32. The molecule has 0 bridgehead atoms. The monoisotopic (exact) mass is 330 g/mol. The molecule has 6 nitrogen and oxygen atoms in total. The summed E-state index contributed by atoms with van der Waals surface area (Å²) in [4.78, 5) is 27.7. The molecule has 1 aromatic heterocycles. The fourth-order valence-electron chi connectivity index (χ4n) is 3.10. The number of nitrogens with one attached hydrogen (secondary N) is 2. The maximum absolute atomic E-state index is 12.3. The van der Waals surface area contributed by atoms with Crippen molar-refractivity contribution in [2.24, 2.45) is 0 Å². The van der Waals surface area contributed by atoms with E-state index in [0.717, 1.165) is 16.5 Å². The standard InChI is InChI=1S/C18H22N2O4/c1-17(2,3)24-16(22)20-18(15(21)23-4)9-13(18)12-10-19-14-8-6-5-7-11(12)14/h5-8,10,13,19H,9H2,1-4H3,(H,20,22)/t13-,18+/m1/s1. The minimum atomic E-state index is -1.07. The molecule has 0 saturated heterocycles. The lowest BCUT2D eigenvalue weighted by molar-refractivity contribution is -0.144. The number of aromatic amines is 1. The highest BCUT2D eigenvalue weighted by atomic mass is 16.6. The average molecular weight is 330 g/mol. The summed E-state index contributed by atoms with van der Waals surface area (Å²) in [6.45, 7) is 5.34. The molecule has 1 aliphatic rings. The van der Waals surface area contributed by atoms with Gasteiger partial charge in [0.1, 0.15) is 11.1 Å². The van der Waals surface area contributed by atoms with Crippen LogP contribution in [0.3, 0.4) is 0 Å². The second-order valence-electron chi connectivity index (χ2n) is 7.14. The van der Waals surface area contributed by atoms with Crippen LogP contribution in [0, 0.1) is 0 Å². The van der Waals surface area contributed by atoms with Gasteiger partial charge >= 0.3 is 12.1 Å². The molecule has 0 aliphatic heterocycles. The van der Waals surface area contributed by atoms with Crippen molar-refractivity contribution in [1.29, 1.82) is 0 Å². The van der Waals surface area contributed by atoms with Gasteiger partial charge in [-0.3, -0.25) is 0 Å². The molecule has 1 aliphatic carbocycles. The number of methoxy groups -OCH3 is 1. The van der Waals surface area contributed by atoms with E-state index in [4.69, 9.17) is 9.47 Å². The van der Waals surface area contributed by atoms with Crippen LogP contribution in [-0.4, -0.2) is 35.3 Å². The molecule has 0 unspecified atom stereocenters. The minimum Gasteiger partial charge on any atom is -0.467 e. The number of amides is 1. The molecule has 2 aromatic rings. The van der Waals surface area contributed by atoms with Gasteiger partial charge in [-0.2, -0.15) is 0 Å². The summed E-state index contributed by atoms with van der Waals surface area (Å²) in [5.41, 5.74) is 0.289. The van der Waals surface area contributed by atoms with E-state index in [2.05, 4.69) is 10.3 Å². The molecule has 0 radical (unpaired) electrons. The van der Waals surface area contributed by atoms with E-state index in [0.29, 0.717) is 6.42 Å². The predicted octanol–water partition coefficient (Wildman–Crippen LogP) is 3.09. The van der Waals surface area contributed by atoms with Crippen molar-refractivity contribution >= 4 is 23.0 Å². The Bertz CT molecular complexity index is 790. The number of alkyl carbamates (subject to hydrolysis) is 1. The molecule has 1 amide bonds. The smallest absolute Gasteiger partial charge is 0.408 e. The summed E-state index contributed by atoms with van der Waals surface area (Å²) in [6.07, 6.45) is 1.76. The Morgan fingerprint density at radius 1 is 1.29 bits per heavy atom. The van der Waals surface area contributed by atoms with Crippen LogP contribution >= 0.6 is 0 Å². The third-order valence-corrected chi connectivity index (χ3v) is 4.23. The Kier molecular flexibility index (Phi) is 3.78. The molecular formula is C18H22N2O4. The number of hydrogen-bond acceptors (Lipinski definition) is 4. The van der Waals surface area contributed by atoms with Gasteiger partial charge in [0.15, 0.2) is 0 Å². The van der Waals surface area contributed by atoms with Crippen molar-refractivity contribution in [2.45, 2.75) is 44.2 Å². The zero-order valence-corrected chi connectivity index (χ0v) is 14.3. The number of rotatable bonds is 3. The van der Waals surface area contributed by atoms with E-state index in [1.54, 1.807) is 20.8 Å². The van der Waals surface area contributed by atoms with Gasteiger partial charge in [-0.1, -0.05) is 18.2 Å². The third kappa shape index (κ3) is 2.84. The van der Waals surface area contributed by atoms with Crippen LogP contribution in [0.25, 0.3) is 10.9 Å². The first kappa shape index (κ1) is 16.4. The van der Waals surface area contributed by atoms with Crippen molar-refractivity contribution < 1.29 is 19.1 Å². The van der Waals surface area contributed by atoms with Crippen LogP contribution in [-0.2, 0) is 14.3 Å². The molecule has 1 saturated carbocycles. The highest BCUT2D eigenvalue weighted by Gasteiger charge is 2.64. The number of H-pyrrole nitrogens is 1. The van der Waals surface area contributed by atoms with Gasteiger partial charge in [0.2, 0.25) is 0 Å². The van der Waals surface area contributed by atoms with Gasteiger partial charge in [-0.05, 0) is 38.8 Å². The number of fused-ring (bicyclic) bond motifs is 1. The molecule has 0 spiro atoms. The Balaban J connectivity index is 1.88. The van der Waals surface area contributed by atoms with Crippen molar-refractivity contribution in [3.8, 4) is 0 Å². The summed E-state index contributed by atoms with van der Waals surface area (Å²) in [6, 6.07) is 7.86. The molecule has 3 rings (SSSR count). The van der Waals surface area contributed by atoms with Gasteiger partial charge in [0.25, 0.3) is 0 Å². The Labute approximate surface area is 140 Å². The fraction of sp³-hybridized carbons (Fsp3) is 0.444. The van der Waals surface area contributed by atoms with Crippen molar-refractivity contribution in [3.05, 3.63) is 36.0 Å². The van der Waals surface area contributed by atoms with E-state index in [1.165, 1.54) is 7.11 Å². The maximum atomic E-state index is 12.3. The lowest BCUT2D eigenvalue weighted by atomic mass is 10.1. The Hall–Kier alpha value is -2.50. The summed E-state index contributed by atoms with van der Waals surface area (Å²) < 4.78 is 10.2. The molecule has 128 valence electrons. The Morgan fingerprint density at radius 3 is 2.67 bits per heavy atom. The average Bonchev–Trinajstić information content (AvgIpc) is 3.05. The summed E-state index contributed by atoms with van der Waals surface area (Å²) in [5.74, 6) is -0.600. The highest BCUT2D eigenvalue weighted by Crippen LogP contribution is 2.54. The third-order valence-electron chi connectivity index (χ3n) is 4.23. The second-order valence-corrected chi connectivity index (χ2v) is 7.14. The number of carbonyl (C=O) groups is 2. The number of esters is 1. The number of carbonyl (C=O) groups excluding carboxylic acids is 2. The zero-order valence-electron chi connectivity index (χ0n) is 14.3. The topological polar surface area (TPSA) is 80.4 Å². The normalized spacial score (nSPS) is 22.9. The molecule has 2 atom stereocenters. The molecular weight excluding hydrogens is 308 g/mol. The summed E-state index contributed by atoms with van der Waals surface area (Å²) >= 11 is 0. The van der Waals surface area contributed by atoms with Gasteiger partial charge in [0, 0.05) is 23.0 Å². The van der Waals surface area contributed by atoms with Crippen molar-refractivity contribution in [3.63, 3.8) is 0 Å². The van der Waals surface area contributed by atoms with E-state index in [9.17, 15) is 9.59 Å². The number of benzene rings is 1. The van der Waals surface area contributed by atoms with Gasteiger partial charge < -0.3 is 19.8 Å². The fourth-order valence-corrected chi connectivity index (χ4v) is 3.10. The molecule has 1 heterocycles. The maximum Gasteiger partial charge on any atom is 0.408 e. The van der Waals surface area contributed by atoms with Crippen molar-refractivity contribution in [2.75, 3.05) is 7.11 Å². The van der Waals surface area contributed by atoms with Gasteiger partial charge in [-0.15, -0.1) is 0 Å². The minimum absolute atomic E-state index is 0.145.